The number of hydrogen-bond acceptors (Lipinski definition) is 7. The van der Waals surface area contributed by atoms with E-state index in [4.69, 9.17) is 10.8 Å². The van der Waals surface area contributed by atoms with Crippen LogP contribution in [0.1, 0.15) is 35.3 Å². The van der Waals surface area contributed by atoms with Gasteiger partial charge in [-0.3, -0.25) is 9.59 Å². The molecule has 1 aliphatic rings. The molecule has 1 unspecified atom stereocenters. The second-order valence-corrected chi connectivity index (χ2v) is 8.78. The molecule has 1 fully saturated rings. The molecule has 0 radical (unpaired) electrons. The van der Waals surface area contributed by atoms with Gasteiger partial charge in [-0.05, 0) is 43.5 Å². The number of nitrogen functional groups attached to an aromatic ring is 1. The van der Waals surface area contributed by atoms with Crippen molar-refractivity contribution in [2.45, 2.75) is 25.6 Å². The number of alkyl halides is 3. The Morgan fingerprint density at radius 2 is 1.90 bits per heavy atom. The van der Waals surface area contributed by atoms with Gasteiger partial charge in [0.25, 0.3) is 11.8 Å². The molecule has 2 amide bonds. The molecule has 1 saturated heterocycles. The van der Waals surface area contributed by atoms with Crippen molar-refractivity contribution in [3.63, 3.8) is 0 Å². The zero-order valence-corrected chi connectivity index (χ0v) is 20.5. The van der Waals surface area contributed by atoms with Crippen molar-refractivity contribution in [2.24, 2.45) is 0 Å². The number of amides is 2. The van der Waals surface area contributed by atoms with Crippen LogP contribution in [-0.2, 0) is 11.0 Å². The van der Waals surface area contributed by atoms with E-state index in [-0.39, 0.29) is 29.1 Å². The van der Waals surface area contributed by atoms with Gasteiger partial charge in [0.05, 0.1) is 17.0 Å². The number of hydrogen-bond donors (Lipinski definition) is 2. The molecule has 4 aromatic rings. The predicted molar refractivity (Wildman–Crippen MR) is 136 cm³/mol. The Kier molecular flexibility index (Phi) is 6.61. The minimum atomic E-state index is -4.56. The van der Waals surface area contributed by atoms with Gasteiger partial charge in [-0.15, -0.1) is 0 Å². The third-order valence-corrected chi connectivity index (χ3v) is 6.30. The van der Waals surface area contributed by atoms with Crippen LogP contribution in [0.4, 0.5) is 24.8 Å². The molecule has 3 N–H and O–H groups in total. The minimum absolute atomic E-state index is 0.150. The Morgan fingerprint density at radius 3 is 2.62 bits per heavy atom. The summed E-state index contributed by atoms with van der Waals surface area (Å²) in [5.74, 6) is 4.30. The molecule has 3 aromatic heterocycles. The van der Waals surface area contributed by atoms with E-state index < -0.39 is 17.6 Å². The van der Waals surface area contributed by atoms with E-state index in [1.165, 1.54) is 18.5 Å². The lowest BCUT2D eigenvalue weighted by molar-refractivity contribution is -0.137. The summed E-state index contributed by atoms with van der Waals surface area (Å²) in [5.41, 5.74) is 7.10. The molecule has 1 aliphatic heterocycles. The first kappa shape index (κ1) is 25.7. The Labute approximate surface area is 220 Å². The maximum atomic E-state index is 13.0. The fourth-order valence-electron chi connectivity index (χ4n) is 4.41. The fraction of sp³-hybridized carbons (Fsp3) is 0.231. The molecule has 5 rings (SSSR count). The van der Waals surface area contributed by atoms with Crippen LogP contribution in [-0.4, -0.2) is 54.5 Å². The van der Waals surface area contributed by atoms with E-state index >= 15 is 0 Å². The van der Waals surface area contributed by atoms with E-state index in [0.29, 0.717) is 41.8 Å². The summed E-state index contributed by atoms with van der Waals surface area (Å²) in [5, 5.41) is 7.67. The number of likely N-dealkylation sites (tertiary alicyclic amines) is 1. The van der Waals surface area contributed by atoms with Crippen molar-refractivity contribution in [1.29, 1.82) is 0 Å². The van der Waals surface area contributed by atoms with Gasteiger partial charge in [-0.2, -0.15) is 18.3 Å². The second-order valence-electron chi connectivity index (χ2n) is 8.78. The van der Waals surface area contributed by atoms with E-state index in [2.05, 4.69) is 32.1 Å². The Morgan fingerprint density at radius 1 is 1.13 bits per heavy atom. The number of fused-ring (bicyclic) bond motifs is 1. The molecule has 13 heteroatoms. The molecular weight excluding hydrogens is 513 g/mol. The predicted octanol–water partition coefficient (Wildman–Crippen LogP) is 3.54. The summed E-state index contributed by atoms with van der Waals surface area (Å²) in [4.78, 5) is 38.8. The maximum Gasteiger partial charge on any atom is 0.416 e. The number of carbonyl (C=O) groups excluding carboxylic acids is 2. The summed E-state index contributed by atoms with van der Waals surface area (Å²) in [7, 11) is 0. The smallest absolute Gasteiger partial charge is 0.383 e. The first-order chi connectivity index (χ1) is 18.7. The summed E-state index contributed by atoms with van der Waals surface area (Å²) >= 11 is 0. The molecule has 1 atom stereocenters. The van der Waals surface area contributed by atoms with Gasteiger partial charge in [0.15, 0.2) is 5.65 Å². The average molecular weight is 535 g/mol. The van der Waals surface area contributed by atoms with Crippen LogP contribution in [0.5, 0.6) is 0 Å². The third kappa shape index (κ3) is 5.08. The van der Waals surface area contributed by atoms with Crippen molar-refractivity contribution < 1.29 is 22.8 Å². The zero-order chi connectivity index (χ0) is 27.7. The fourth-order valence-corrected chi connectivity index (χ4v) is 4.41. The van der Waals surface area contributed by atoms with Crippen LogP contribution >= 0.6 is 0 Å². The van der Waals surface area contributed by atoms with Gasteiger partial charge < -0.3 is 16.0 Å². The van der Waals surface area contributed by atoms with Gasteiger partial charge in [0.1, 0.15) is 23.7 Å². The van der Waals surface area contributed by atoms with Gasteiger partial charge in [0.2, 0.25) is 0 Å². The number of halogens is 3. The topological polar surface area (TPSA) is 132 Å². The quantitative estimate of drug-likeness (QED) is 0.383. The number of rotatable bonds is 4. The average Bonchev–Trinajstić information content (AvgIpc) is 3.55. The SMILES string of the molecule is CC#CC(=O)N1CCC(n2nc(-c3ccc(C(=O)Nc4cc(C(F)(F)F)ccn4)cc3)c3c(N)ncnc32)C1. The molecule has 0 spiro atoms. The van der Waals surface area contributed by atoms with Crippen molar-refractivity contribution >= 4 is 34.5 Å². The normalized spacial score (nSPS) is 15.2. The molecule has 39 heavy (non-hydrogen) atoms. The number of aromatic nitrogens is 5. The molecule has 0 saturated carbocycles. The van der Waals surface area contributed by atoms with E-state index in [9.17, 15) is 22.8 Å². The summed E-state index contributed by atoms with van der Waals surface area (Å²) in [6.45, 7) is 2.55. The van der Waals surface area contributed by atoms with E-state index in [0.717, 1.165) is 18.3 Å². The molecule has 4 heterocycles. The summed E-state index contributed by atoms with van der Waals surface area (Å²) in [6.07, 6.45) is -1.58. The highest BCUT2D eigenvalue weighted by Crippen LogP contribution is 2.34. The van der Waals surface area contributed by atoms with E-state index in [1.54, 1.807) is 28.6 Å². The molecule has 10 nitrogen and oxygen atoms in total. The van der Waals surface area contributed by atoms with E-state index in [1.807, 2.05) is 0 Å². The molecule has 0 aliphatic carbocycles. The Balaban J connectivity index is 1.41. The van der Waals surface area contributed by atoms with Crippen LogP contribution < -0.4 is 11.1 Å². The molecule has 0 bridgehead atoms. The lowest BCUT2D eigenvalue weighted by Crippen LogP contribution is -2.28. The number of nitrogens with two attached hydrogens (primary N) is 1. The largest absolute Gasteiger partial charge is 0.416 e. The Bertz CT molecular complexity index is 1640. The first-order valence-electron chi connectivity index (χ1n) is 11.8. The van der Waals surface area contributed by atoms with Crippen LogP contribution in [0, 0.1) is 11.8 Å². The molecule has 198 valence electrons. The standard InChI is InChI=1S/C26H21F3N8O2/c1-2-3-20(38)36-11-9-18(13-36)37-24-21(23(30)32-14-33-24)22(35-37)15-4-6-16(7-5-15)25(39)34-19-12-17(8-10-31-19)26(27,28)29/h4-8,10,12,14,18H,9,11,13H2,1H3,(H2,30,32,33)(H,31,34,39). The summed E-state index contributed by atoms with van der Waals surface area (Å²) < 4.78 is 40.6. The van der Waals surface area contributed by atoms with Crippen molar-refractivity contribution in [3.8, 4) is 23.1 Å². The van der Waals surface area contributed by atoms with Gasteiger partial charge in [-0.25, -0.2) is 19.6 Å². The zero-order valence-electron chi connectivity index (χ0n) is 20.5. The van der Waals surface area contributed by atoms with Crippen molar-refractivity contribution in [1.82, 2.24) is 29.6 Å². The minimum Gasteiger partial charge on any atom is -0.383 e. The first-order valence-corrected chi connectivity index (χ1v) is 11.8. The van der Waals surface area contributed by atoms with Crippen LogP contribution in [0.15, 0.2) is 48.9 Å². The van der Waals surface area contributed by atoms with Crippen LogP contribution in [0.25, 0.3) is 22.3 Å². The third-order valence-electron chi connectivity index (χ3n) is 6.30. The Hall–Kier alpha value is -4.99. The lowest BCUT2D eigenvalue weighted by Gasteiger charge is -2.14. The number of carbonyl (C=O) groups is 2. The monoisotopic (exact) mass is 534 g/mol. The molecular formula is C26H21F3N8O2. The van der Waals surface area contributed by atoms with Crippen molar-refractivity contribution in [3.05, 3.63) is 60.0 Å². The summed E-state index contributed by atoms with van der Waals surface area (Å²) in [6, 6.07) is 7.76. The molecule has 1 aromatic carbocycles. The number of nitrogens with zero attached hydrogens (tertiary/aromatic N) is 6. The number of pyridine rings is 1. The lowest BCUT2D eigenvalue weighted by atomic mass is 10.1. The second kappa shape index (κ2) is 10.1. The van der Waals surface area contributed by atoms with Gasteiger partial charge in [0, 0.05) is 30.4 Å². The van der Waals surface area contributed by atoms with Crippen LogP contribution in [0.3, 0.4) is 0 Å². The highest BCUT2D eigenvalue weighted by Gasteiger charge is 2.32. The number of benzene rings is 1. The number of anilines is 2. The maximum absolute atomic E-state index is 13.0. The van der Waals surface area contributed by atoms with Gasteiger partial charge >= 0.3 is 6.18 Å². The highest BCUT2D eigenvalue weighted by atomic mass is 19.4. The highest BCUT2D eigenvalue weighted by molar-refractivity contribution is 6.04. The van der Waals surface area contributed by atoms with Crippen LogP contribution in [0.2, 0.25) is 0 Å². The number of nitrogens with one attached hydrogen (secondary N) is 1. The van der Waals surface area contributed by atoms with Crippen molar-refractivity contribution in [2.75, 3.05) is 24.1 Å². The van der Waals surface area contributed by atoms with Gasteiger partial charge in [-0.1, -0.05) is 18.1 Å².